The first-order chi connectivity index (χ1) is 11.2. The van der Waals surface area contributed by atoms with E-state index in [1.165, 1.54) is 6.07 Å². The molecule has 0 heterocycles. The second-order valence-corrected chi connectivity index (χ2v) is 5.40. The van der Waals surface area contributed by atoms with E-state index in [2.05, 4.69) is 24.5 Å². The van der Waals surface area contributed by atoms with Crippen molar-refractivity contribution in [3.63, 3.8) is 0 Å². The number of hydrogen-bond donors (Lipinski definition) is 2. The molecule has 0 unspecified atom stereocenters. The zero-order valence-corrected chi connectivity index (χ0v) is 13.7. The smallest absolute Gasteiger partial charge is 0.238 e. The van der Waals surface area contributed by atoms with Crippen LogP contribution in [0, 0.1) is 5.82 Å². The van der Waals surface area contributed by atoms with Gasteiger partial charge in [0, 0.05) is 17.8 Å². The highest BCUT2D eigenvalue weighted by Crippen LogP contribution is 2.22. The molecule has 3 nitrogen and oxygen atoms in total. The summed E-state index contributed by atoms with van der Waals surface area (Å²) in [7, 11) is 0. The summed E-state index contributed by atoms with van der Waals surface area (Å²) < 4.78 is 13.5. The number of hydrogen-bond acceptors (Lipinski definition) is 2. The second kappa shape index (κ2) is 8.44. The van der Waals surface area contributed by atoms with E-state index >= 15 is 0 Å². The molecule has 1 amide bonds. The minimum Gasteiger partial charge on any atom is -0.324 e. The molecule has 0 aromatic heterocycles. The van der Waals surface area contributed by atoms with Crippen LogP contribution in [0.3, 0.4) is 0 Å². The molecule has 0 saturated heterocycles. The molecule has 2 aromatic rings. The maximum absolute atomic E-state index is 13.5. The van der Waals surface area contributed by atoms with Crippen molar-refractivity contribution in [2.45, 2.75) is 33.2 Å². The molecule has 23 heavy (non-hydrogen) atoms. The summed E-state index contributed by atoms with van der Waals surface area (Å²) in [5, 5.41) is 5.97. The molecule has 2 rings (SSSR count). The van der Waals surface area contributed by atoms with E-state index in [1.807, 2.05) is 18.2 Å². The summed E-state index contributed by atoms with van der Waals surface area (Å²) in [5.41, 5.74) is 3.73. The van der Waals surface area contributed by atoms with E-state index in [0.717, 1.165) is 29.7 Å². The largest absolute Gasteiger partial charge is 0.324 e. The molecule has 0 aliphatic carbocycles. The first-order valence-corrected chi connectivity index (χ1v) is 8.00. The van der Waals surface area contributed by atoms with Gasteiger partial charge >= 0.3 is 0 Å². The second-order valence-electron chi connectivity index (χ2n) is 5.40. The molecule has 0 saturated carbocycles. The van der Waals surface area contributed by atoms with Gasteiger partial charge in [0.25, 0.3) is 0 Å². The van der Waals surface area contributed by atoms with Gasteiger partial charge in [-0.25, -0.2) is 4.39 Å². The van der Waals surface area contributed by atoms with Gasteiger partial charge in [0.05, 0.1) is 6.54 Å². The van der Waals surface area contributed by atoms with Crippen molar-refractivity contribution >= 4 is 11.6 Å². The number of nitrogens with one attached hydrogen (secondary N) is 2. The predicted octanol–water partition coefficient (Wildman–Crippen LogP) is 3.68. The van der Waals surface area contributed by atoms with Crippen LogP contribution in [0.25, 0.3) is 0 Å². The molecular weight excluding hydrogens is 291 g/mol. The molecule has 0 fully saturated rings. The summed E-state index contributed by atoms with van der Waals surface area (Å²) in [5.74, 6) is -0.373. The number of halogens is 1. The maximum atomic E-state index is 13.5. The maximum Gasteiger partial charge on any atom is 0.238 e. The van der Waals surface area contributed by atoms with Gasteiger partial charge in [-0.1, -0.05) is 50.2 Å². The van der Waals surface area contributed by atoms with Gasteiger partial charge < -0.3 is 10.6 Å². The highest BCUT2D eigenvalue weighted by atomic mass is 19.1. The number of rotatable bonds is 7. The fraction of sp³-hybridized carbons (Fsp3) is 0.316. The topological polar surface area (TPSA) is 41.1 Å². The lowest BCUT2D eigenvalue weighted by Crippen LogP contribution is -2.28. The quantitative estimate of drug-likeness (QED) is 0.818. The zero-order valence-electron chi connectivity index (χ0n) is 13.7. The third-order valence-electron chi connectivity index (χ3n) is 3.82. The standard InChI is InChI=1S/C19H23FN2O/c1-3-14-9-7-10-15(4-2)19(14)22-18(23)13-21-12-16-8-5-6-11-17(16)20/h5-11,21H,3-4,12-13H2,1-2H3,(H,22,23). The van der Waals surface area contributed by atoms with E-state index in [1.54, 1.807) is 18.2 Å². The lowest BCUT2D eigenvalue weighted by Gasteiger charge is -2.14. The molecule has 0 spiro atoms. The van der Waals surface area contributed by atoms with E-state index < -0.39 is 0 Å². The van der Waals surface area contributed by atoms with Crippen LogP contribution in [-0.4, -0.2) is 12.5 Å². The molecule has 0 aliphatic heterocycles. The first-order valence-electron chi connectivity index (χ1n) is 8.00. The van der Waals surface area contributed by atoms with Crippen molar-refractivity contribution in [2.75, 3.05) is 11.9 Å². The van der Waals surface area contributed by atoms with Crippen LogP contribution in [-0.2, 0) is 24.2 Å². The molecule has 0 atom stereocenters. The minimum atomic E-state index is -0.259. The van der Waals surface area contributed by atoms with Gasteiger partial charge in [0.15, 0.2) is 0 Å². The number of para-hydroxylation sites is 1. The zero-order chi connectivity index (χ0) is 16.7. The van der Waals surface area contributed by atoms with Gasteiger partial charge in [0.2, 0.25) is 5.91 Å². The molecule has 0 aliphatic rings. The van der Waals surface area contributed by atoms with Crippen molar-refractivity contribution in [3.05, 3.63) is 65.0 Å². The molecule has 2 aromatic carbocycles. The van der Waals surface area contributed by atoms with Crippen LogP contribution in [0.2, 0.25) is 0 Å². The molecule has 0 bridgehead atoms. The van der Waals surface area contributed by atoms with Crippen LogP contribution in [0.5, 0.6) is 0 Å². The Balaban J connectivity index is 1.94. The molecule has 4 heteroatoms. The Kier molecular flexibility index (Phi) is 6.29. The molecule has 2 N–H and O–H groups in total. The van der Waals surface area contributed by atoms with Crippen molar-refractivity contribution < 1.29 is 9.18 Å². The Morgan fingerprint density at radius 3 is 2.17 bits per heavy atom. The van der Waals surface area contributed by atoms with Crippen molar-refractivity contribution in [3.8, 4) is 0 Å². The third kappa shape index (κ3) is 4.63. The summed E-state index contributed by atoms with van der Waals surface area (Å²) in [4.78, 5) is 12.2. The van der Waals surface area contributed by atoms with Crippen LogP contribution in [0.15, 0.2) is 42.5 Å². The number of carbonyl (C=O) groups is 1. The normalized spacial score (nSPS) is 10.6. The van der Waals surface area contributed by atoms with Crippen LogP contribution in [0.4, 0.5) is 10.1 Å². The first kappa shape index (κ1) is 17.2. The minimum absolute atomic E-state index is 0.114. The van der Waals surface area contributed by atoms with E-state index in [0.29, 0.717) is 12.1 Å². The predicted molar refractivity (Wildman–Crippen MR) is 91.9 cm³/mol. The highest BCUT2D eigenvalue weighted by molar-refractivity contribution is 5.93. The monoisotopic (exact) mass is 314 g/mol. The third-order valence-corrected chi connectivity index (χ3v) is 3.82. The van der Waals surface area contributed by atoms with Crippen molar-refractivity contribution in [1.29, 1.82) is 0 Å². The average Bonchev–Trinajstić information content (AvgIpc) is 2.56. The number of anilines is 1. The number of benzene rings is 2. The average molecular weight is 314 g/mol. The number of carbonyl (C=O) groups excluding carboxylic acids is 1. The molecular formula is C19H23FN2O. The van der Waals surface area contributed by atoms with E-state index in [4.69, 9.17) is 0 Å². The lowest BCUT2D eigenvalue weighted by atomic mass is 10.0. The highest BCUT2D eigenvalue weighted by Gasteiger charge is 2.10. The Morgan fingerprint density at radius 1 is 0.957 bits per heavy atom. The van der Waals surface area contributed by atoms with E-state index in [-0.39, 0.29) is 18.3 Å². The van der Waals surface area contributed by atoms with Gasteiger partial charge in [-0.15, -0.1) is 0 Å². The molecule has 0 radical (unpaired) electrons. The SMILES string of the molecule is CCc1cccc(CC)c1NC(=O)CNCc1ccccc1F. The van der Waals surface area contributed by atoms with E-state index in [9.17, 15) is 9.18 Å². The summed E-state index contributed by atoms with van der Waals surface area (Å²) in [6.45, 7) is 4.62. The fourth-order valence-corrected chi connectivity index (χ4v) is 2.54. The summed E-state index contributed by atoms with van der Waals surface area (Å²) in [6, 6.07) is 12.6. The number of aryl methyl sites for hydroxylation is 2. The van der Waals surface area contributed by atoms with Crippen LogP contribution in [0.1, 0.15) is 30.5 Å². The number of amides is 1. The Morgan fingerprint density at radius 2 is 1.57 bits per heavy atom. The van der Waals surface area contributed by atoms with Gasteiger partial charge in [0.1, 0.15) is 5.82 Å². The fourth-order valence-electron chi connectivity index (χ4n) is 2.54. The van der Waals surface area contributed by atoms with Gasteiger partial charge in [-0.05, 0) is 30.0 Å². The Bertz CT molecular complexity index is 648. The van der Waals surface area contributed by atoms with Crippen LogP contribution >= 0.6 is 0 Å². The Hall–Kier alpha value is -2.20. The Labute approximate surface area is 136 Å². The van der Waals surface area contributed by atoms with Gasteiger partial charge in [-0.3, -0.25) is 4.79 Å². The lowest BCUT2D eigenvalue weighted by molar-refractivity contribution is -0.115. The van der Waals surface area contributed by atoms with Crippen LogP contribution < -0.4 is 10.6 Å². The van der Waals surface area contributed by atoms with Crippen molar-refractivity contribution in [2.24, 2.45) is 0 Å². The summed E-state index contributed by atoms with van der Waals surface area (Å²) in [6.07, 6.45) is 1.73. The molecule has 122 valence electrons. The van der Waals surface area contributed by atoms with Gasteiger partial charge in [-0.2, -0.15) is 0 Å². The van der Waals surface area contributed by atoms with Crippen molar-refractivity contribution in [1.82, 2.24) is 5.32 Å². The summed E-state index contributed by atoms with van der Waals surface area (Å²) >= 11 is 0.